The zero-order valence-electron chi connectivity index (χ0n) is 14.2. The molecule has 24 heavy (non-hydrogen) atoms. The molecule has 5 heteroatoms. The second kappa shape index (κ2) is 5.95. The highest BCUT2D eigenvalue weighted by Crippen LogP contribution is 2.26. The van der Waals surface area contributed by atoms with Crippen LogP contribution in [0.3, 0.4) is 0 Å². The van der Waals surface area contributed by atoms with E-state index >= 15 is 0 Å². The number of aryl methyl sites for hydroxylation is 1. The zero-order valence-corrected chi connectivity index (χ0v) is 15.0. The Morgan fingerprint density at radius 1 is 1.12 bits per heavy atom. The number of nitrogens with one attached hydrogen (secondary N) is 1. The second-order valence-corrected chi connectivity index (χ2v) is 7.34. The van der Waals surface area contributed by atoms with Crippen molar-refractivity contribution in [3.63, 3.8) is 0 Å². The number of hydrogen-bond donors (Lipinski definition) is 1. The Morgan fingerprint density at radius 2 is 1.79 bits per heavy atom. The summed E-state index contributed by atoms with van der Waals surface area (Å²) in [7, 11) is 0. The summed E-state index contributed by atoms with van der Waals surface area (Å²) in [5.74, 6) is -0.00574. The first-order valence-electron chi connectivity index (χ1n) is 7.82. The summed E-state index contributed by atoms with van der Waals surface area (Å²) in [6.45, 7) is 7.69. The highest BCUT2D eigenvalue weighted by molar-refractivity contribution is 6.30. The Morgan fingerprint density at radius 3 is 2.42 bits per heavy atom. The minimum Gasteiger partial charge on any atom is -0.326 e. The molecule has 3 aromatic rings. The van der Waals surface area contributed by atoms with Crippen molar-refractivity contribution in [2.45, 2.75) is 27.7 Å². The Bertz CT molecular complexity index is 905. The number of anilines is 1. The number of rotatable bonds is 2. The van der Waals surface area contributed by atoms with Gasteiger partial charge in [0.15, 0.2) is 0 Å². The molecule has 124 valence electrons. The van der Waals surface area contributed by atoms with Crippen molar-refractivity contribution < 1.29 is 4.79 Å². The molecule has 0 unspecified atom stereocenters. The second-order valence-electron chi connectivity index (χ2n) is 6.90. The third-order valence-electron chi connectivity index (χ3n) is 3.92. The van der Waals surface area contributed by atoms with Crippen molar-refractivity contribution in [3.8, 4) is 11.3 Å². The SMILES string of the molecule is Cc1c(-c2ccc(NC(=O)C(C)(C)C)cc2)nc2ccc(Cl)cn12. The van der Waals surface area contributed by atoms with Crippen LogP contribution in [0.5, 0.6) is 0 Å². The molecule has 0 fully saturated rings. The topological polar surface area (TPSA) is 46.4 Å². The monoisotopic (exact) mass is 341 g/mol. The van der Waals surface area contributed by atoms with Crippen LogP contribution in [0, 0.1) is 12.3 Å². The molecule has 0 spiro atoms. The van der Waals surface area contributed by atoms with Gasteiger partial charge in [0.05, 0.1) is 10.7 Å². The highest BCUT2D eigenvalue weighted by atomic mass is 35.5. The number of carbonyl (C=O) groups excluding carboxylic acids is 1. The molecule has 1 aromatic carbocycles. The van der Waals surface area contributed by atoms with E-state index in [4.69, 9.17) is 11.6 Å². The number of halogens is 1. The molecule has 1 N–H and O–H groups in total. The van der Waals surface area contributed by atoms with E-state index in [0.717, 1.165) is 28.3 Å². The fourth-order valence-electron chi connectivity index (χ4n) is 2.44. The van der Waals surface area contributed by atoms with Crippen LogP contribution in [0.15, 0.2) is 42.6 Å². The Hall–Kier alpha value is -2.33. The van der Waals surface area contributed by atoms with Crippen LogP contribution in [-0.4, -0.2) is 15.3 Å². The van der Waals surface area contributed by atoms with Gasteiger partial charge in [0.1, 0.15) is 5.65 Å². The number of nitrogens with zero attached hydrogens (tertiary/aromatic N) is 2. The van der Waals surface area contributed by atoms with E-state index in [1.54, 1.807) is 0 Å². The number of aromatic nitrogens is 2. The number of fused-ring (bicyclic) bond motifs is 1. The van der Waals surface area contributed by atoms with Crippen molar-refractivity contribution in [1.82, 2.24) is 9.38 Å². The summed E-state index contributed by atoms with van der Waals surface area (Å²) < 4.78 is 1.98. The molecule has 1 amide bonds. The van der Waals surface area contributed by atoms with Crippen LogP contribution in [0.4, 0.5) is 5.69 Å². The van der Waals surface area contributed by atoms with Gasteiger partial charge < -0.3 is 9.72 Å². The summed E-state index contributed by atoms with van der Waals surface area (Å²) in [5, 5.41) is 3.60. The molecule has 2 heterocycles. The average Bonchev–Trinajstić information content (AvgIpc) is 2.84. The highest BCUT2D eigenvalue weighted by Gasteiger charge is 2.21. The largest absolute Gasteiger partial charge is 0.326 e. The molecule has 0 aliphatic rings. The molecular weight excluding hydrogens is 322 g/mol. The molecule has 0 saturated heterocycles. The standard InChI is InChI=1S/C19H20ClN3O/c1-12-17(22-16-10-7-14(20)11-23(12)16)13-5-8-15(9-6-13)21-18(24)19(2,3)4/h5-11H,1-4H3,(H,21,24). The summed E-state index contributed by atoms with van der Waals surface area (Å²) >= 11 is 6.06. The maximum Gasteiger partial charge on any atom is 0.229 e. The molecule has 3 rings (SSSR count). The van der Waals surface area contributed by atoms with Crippen LogP contribution in [0.2, 0.25) is 5.02 Å². The Balaban J connectivity index is 1.91. The van der Waals surface area contributed by atoms with Gasteiger partial charge in [0.25, 0.3) is 0 Å². The number of amides is 1. The van der Waals surface area contributed by atoms with E-state index in [1.807, 2.05) is 74.7 Å². The molecule has 0 bridgehead atoms. The summed E-state index contributed by atoms with van der Waals surface area (Å²) in [5.41, 5.74) is 4.15. The zero-order chi connectivity index (χ0) is 17.5. The van der Waals surface area contributed by atoms with Gasteiger partial charge in [0, 0.05) is 28.6 Å². The van der Waals surface area contributed by atoms with Gasteiger partial charge in [-0.25, -0.2) is 4.98 Å². The Labute approximate surface area is 146 Å². The molecule has 0 radical (unpaired) electrons. The molecule has 2 aromatic heterocycles. The maximum absolute atomic E-state index is 12.1. The predicted octanol–water partition coefficient (Wildman–Crippen LogP) is 4.95. The van der Waals surface area contributed by atoms with Gasteiger partial charge in [0.2, 0.25) is 5.91 Å². The molecular formula is C19H20ClN3O. The molecule has 0 saturated carbocycles. The van der Waals surface area contributed by atoms with E-state index in [1.165, 1.54) is 0 Å². The van der Waals surface area contributed by atoms with Crippen LogP contribution in [-0.2, 0) is 4.79 Å². The van der Waals surface area contributed by atoms with Crippen LogP contribution in [0.25, 0.3) is 16.9 Å². The third kappa shape index (κ3) is 3.15. The van der Waals surface area contributed by atoms with Crippen molar-refractivity contribution in [1.29, 1.82) is 0 Å². The lowest BCUT2D eigenvalue weighted by Crippen LogP contribution is -2.27. The van der Waals surface area contributed by atoms with Gasteiger partial charge >= 0.3 is 0 Å². The number of benzene rings is 1. The maximum atomic E-state index is 12.1. The molecule has 4 nitrogen and oxygen atoms in total. The van der Waals surface area contributed by atoms with Crippen molar-refractivity contribution >= 4 is 28.8 Å². The Kier molecular flexibility index (Phi) is 4.10. The lowest BCUT2D eigenvalue weighted by molar-refractivity contribution is -0.123. The lowest BCUT2D eigenvalue weighted by atomic mass is 9.95. The smallest absolute Gasteiger partial charge is 0.229 e. The van der Waals surface area contributed by atoms with E-state index in [2.05, 4.69) is 10.3 Å². The number of pyridine rings is 1. The van der Waals surface area contributed by atoms with Gasteiger partial charge in [-0.2, -0.15) is 0 Å². The first kappa shape index (κ1) is 16.5. The number of hydrogen-bond acceptors (Lipinski definition) is 2. The van der Waals surface area contributed by atoms with Crippen LogP contribution >= 0.6 is 11.6 Å². The molecule has 0 aliphatic carbocycles. The van der Waals surface area contributed by atoms with Crippen molar-refractivity contribution in [3.05, 3.63) is 53.3 Å². The lowest BCUT2D eigenvalue weighted by Gasteiger charge is -2.17. The number of carbonyl (C=O) groups is 1. The predicted molar refractivity (Wildman–Crippen MR) is 98.5 cm³/mol. The fraction of sp³-hybridized carbons (Fsp3) is 0.263. The van der Waals surface area contributed by atoms with Gasteiger partial charge in [-0.1, -0.05) is 44.5 Å². The average molecular weight is 342 g/mol. The first-order chi connectivity index (χ1) is 11.3. The van der Waals surface area contributed by atoms with E-state index in [0.29, 0.717) is 5.02 Å². The quantitative estimate of drug-likeness (QED) is 0.717. The van der Waals surface area contributed by atoms with Gasteiger partial charge in [-0.05, 0) is 31.2 Å². The minimum absolute atomic E-state index is 0.00574. The van der Waals surface area contributed by atoms with E-state index in [-0.39, 0.29) is 5.91 Å². The first-order valence-corrected chi connectivity index (χ1v) is 8.19. The van der Waals surface area contributed by atoms with Crippen molar-refractivity contribution in [2.24, 2.45) is 5.41 Å². The van der Waals surface area contributed by atoms with Crippen LogP contribution in [0.1, 0.15) is 26.5 Å². The number of imidazole rings is 1. The summed E-state index contributed by atoms with van der Waals surface area (Å²) in [6, 6.07) is 11.5. The summed E-state index contributed by atoms with van der Waals surface area (Å²) in [4.78, 5) is 16.7. The van der Waals surface area contributed by atoms with Gasteiger partial charge in [-0.3, -0.25) is 4.79 Å². The van der Waals surface area contributed by atoms with Crippen molar-refractivity contribution in [2.75, 3.05) is 5.32 Å². The van der Waals surface area contributed by atoms with E-state index in [9.17, 15) is 4.79 Å². The van der Waals surface area contributed by atoms with Gasteiger partial charge in [-0.15, -0.1) is 0 Å². The minimum atomic E-state index is -0.421. The third-order valence-corrected chi connectivity index (χ3v) is 4.14. The fourth-order valence-corrected chi connectivity index (χ4v) is 2.60. The van der Waals surface area contributed by atoms with E-state index < -0.39 is 5.41 Å². The molecule has 0 atom stereocenters. The van der Waals surface area contributed by atoms with Crippen LogP contribution < -0.4 is 5.32 Å². The summed E-state index contributed by atoms with van der Waals surface area (Å²) in [6.07, 6.45) is 1.86. The molecule has 0 aliphatic heterocycles. The normalized spacial score (nSPS) is 11.7.